The Morgan fingerprint density at radius 3 is 1.21 bits per heavy atom. The zero-order chi connectivity index (χ0) is 15.8. The van der Waals surface area contributed by atoms with Gasteiger partial charge in [-0.15, -0.1) is 0 Å². The van der Waals surface area contributed by atoms with E-state index < -0.39 is 22.4 Å². The van der Waals surface area contributed by atoms with Gasteiger partial charge in [-0.05, 0) is 24.3 Å². The van der Waals surface area contributed by atoms with E-state index in [4.69, 9.17) is 0 Å². The maximum absolute atomic E-state index is 9.87. The van der Waals surface area contributed by atoms with E-state index in [1.165, 1.54) is 0 Å². The fourth-order valence-electron chi connectivity index (χ4n) is 0.480. The zero-order valence-electron chi connectivity index (χ0n) is 10.9. The molecule has 0 aromatic heterocycles. The molecular formula is C10H20O4S4Sn. The van der Waals surface area contributed by atoms with Crippen molar-refractivity contribution < 1.29 is 19.8 Å². The minimum absolute atomic E-state index is 0.230. The van der Waals surface area contributed by atoms with E-state index in [0.29, 0.717) is 24.3 Å². The molecule has 0 amide bonds. The van der Waals surface area contributed by atoms with Crippen molar-refractivity contribution in [2.45, 2.75) is 33.2 Å². The number of carboxylic acids is 2. The van der Waals surface area contributed by atoms with Gasteiger partial charge in [0.25, 0.3) is 0 Å². The number of thiol groups is 4. The number of carboxylic acid groups (broad SMARTS) is 2. The topological polar surface area (TPSA) is 80.3 Å². The van der Waals surface area contributed by atoms with E-state index in [0.717, 1.165) is 0 Å². The Labute approximate surface area is 147 Å². The summed E-state index contributed by atoms with van der Waals surface area (Å²) in [6, 6.07) is 0. The third-order valence-electron chi connectivity index (χ3n) is 1.35. The zero-order valence-corrected chi connectivity index (χ0v) is 17.3. The van der Waals surface area contributed by atoms with Crippen LogP contribution in [0.5, 0.6) is 0 Å². The second-order valence-electron chi connectivity index (χ2n) is 3.19. The number of rotatable bonds is 6. The summed E-state index contributed by atoms with van der Waals surface area (Å²) in [6.07, 6.45) is 0.906. The van der Waals surface area contributed by atoms with Crippen molar-refractivity contribution in [1.29, 1.82) is 0 Å². The summed E-state index contributed by atoms with van der Waals surface area (Å²) in [6.45, 7) is 0. The van der Waals surface area contributed by atoms with Crippen LogP contribution in [0.4, 0.5) is 0 Å². The number of carbonyl (C=O) groups excluding carboxylic acids is 2. The molecule has 0 aliphatic rings. The first-order chi connectivity index (χ1) is 8.78. The monoisotopic (exact) mass is 452 g/mol. The second-order valence-corrected chi connectivity index (χ2v) is 8.19. The maximum atomic E-state index is 9.87. The molecule has 0 aliphatic carbocycles. The van der Waals surface area contributed by atoms with Gasteiger partial charge in [0.05, 0.1) is 11.9 Å². The fraction of sp³-hybridized carbons (Fsp3) is 0.800. The van der Waals surface area contributed by atoms with Gasteiger partial charge in [-0.2, -0.15) is 50.5 Å². The summed E-state index contributed by atoms with van der Waals surface area (Å²) in [5, 5.41) is 18.4. The Balaban J connectivity index is -0.000000224. The third-order valence-corrected chi connectivity index (χ3v) is 2.80. The molecule has 2 unspecified atom stereocenters. The Morgan fingerprint density at radius 2 is 1.16 bits per heavy atom. The summed E-state index contributed by atoms with van der Waals surface area (Å²) in [7, 11) is 0. The molecule has 0 saturated carbocycles. The molecule has 19 heavy (non-hydrogen) atoms. The molecule has 0 aromatic rings. The molecule has 112 valence electrons. The van der Waals surface area contributed by atoms with Gasteiger partial charge in [0.1, 0.15) is 0 Å². The van der Waals surface area contributed by atoms with Crippen LogP contribution in [-0.2, 0) is 9.59 Å². The molecule has 0 spiro atoms. The molecule has 0 fully saturated rings. The number of carbonyl (C=O) groups is 2. The Hall–Kier alpha value is 1.14. The molecule has 0 heterocycles. The van der Waals surface area contributed by atoms with Crippen LogP contribution < -0.4 is 10.2 Å². The molecule has 0 aliphatic heterocycles. The van der Waals surface area contributed by atoms with Crippen LogP contribution in [0, 0.1) is 0 Å². The third kappa shape index (κ3) is 24.5. The van der Waals surface area contributed by atoms with Crippen molar-refractivity contribution in [2.24, 2.45) is 0 Å². The van der Waals surface area contributed by atoms with Gasteiger partial charge in [0.15, 0.2) is 0 Å². The molecule has 9 heteroatoms. The second kappa shape index (κ2) is 19.1. The molecule has 2 atom stereocenters. The average molecular weight is 451 g/mol. The van der Waals surface area contributed by atoms with Crippen molar-refractivity contribution in [2.75, 3.05) is 11.5 Å². The van der Waals surface area contributed by atoms with E-state index in [-0.39, 0.29) is 21.1 Å². The molecule has 0 rings (SSSR count). The molecule has 0 N–H and O–H groups in total. The minimum atomic E-state index is -1.12. The van der Waals surface area contributed by atoms with Crippen LogP contribution in [0.2, 0.25) is 9.88 Å². The summed E-state index contributed by atoms with van der Waals surface area (Å²) in [5.74, 6) is -1.19. The van der Waals surface area contributed by atoms with Crippen LogP contribution in [0.15, 0.2) is 0 Å². The molecule has 4 nitrogen and oxygen atoms in total. The summed E-state index contributed by atoms with van der Waals surface area (Å²) >= 11 is 15.2. The molecular weight excluding hydrogens is 431 g/mol. The van der Waals surface area contributed by atoms with Crippen LogP contribution in [-0.4, -0.2) is 55.1 Å². The van der Waals surface area contributed by atoms with Gasteiger partial charge in [-0.25, -0.2) is 0 Å². The molecule has 0 saturated heterocycles. The van der Waals surface area contributed by atoms with E-state index in [1.54, 1.807) is 0 Å². The van der Waals surface area contributed by atoms with Gasteiger partial charge >= 0.3 is 31.0 Å². The Bertz CT molecular complexity index is 210. The molecule has 0 radical (unpaired) electrons. The van der Waals surface area contributed by atoms with E-state index in [9.17, 15) is 19.8 Å². The Morgan fingerprint density at radius 1 is 0.947 bits per heavy atom. The van der Waals surface area contributed by atoms with Crippen LogP contribution in [0.3, 0.4) is 0 Å². The number of hydrogen-bond acceptors (Lipinski definition) is 8. The van der Waals surface area contributed by atoms with Gasteiger partial charge in [-0.3, -0.25) is 0 Å². The van der Waals surface area contributed by atoms with Gasteiger partial charge in [0, 0.05) is 10.5 Å². The van der Waals surface area contributed by atoms with Crippen molar-refractivity contribution in [3.05, 3.63) is 0 Å². The average Bonchev–Trinajstić information content (AvgIpc) is 2.31. The summed E-state index contributed by atoms with van der Waals surface area (Å²) < 4.78 is 0. The van der Waals surface area contributed by atoms with E-state index in [2.05, 4.69) is 60.4 Å². The normalized spacial score (nSPS) is 11.7. The van der Waals surface area contributed by atoms with Gasteiger partial charge in [0.2, 0.25) is 0 Å². The molecule has 0 bridgehead atoms. The first-order valence-corrected chi connectivity index (χ1v) is 13.4. The van der Waals surface area contributed by atoms with Crippen LogP contribution in [0.25, 0.3) is 0 Å². The van der Waals surface area contributed by atoms with Crippen LogP contribution in [0.1, 0.15) is 12.8 Å². The standard InChI is InChI=1S/2C4H8O2S2.2CH3.Sn/c2*5-4(6)3(8)1-2-7;;;/h2*3,7-8H,1-2H2,(H,5,6);2*1H3;/q;;;;+2/p-2. The van der Waals surface area contributed by atoms with E-state index in [1.807, 2.05) is 0 Å². The quantitative estimate of drug-likeness (QED) is 0.324. The van der Waals surface area contributed by atoms with Gasteiger partial charge in [-0.1, -0.05) is 0 Å². The van der Waals surface area contributed by atoms with Crippen molar-refractivity contribution in [1.82, 2.24) is 0 Å². The van der Waals surface area contributed by atoms with Gasteiger partial charge < -0.3 is 19.8 Å². The SMILES string of the molecule is O=C([O-])C(S)CCS.O=C([O-])C(S)CCS.[CH3][Sn+2][CH3]. The van der Waals surface area contributed by atoms with E-state index >= 15 is 0 Å². The summed E-state index contributed by atoms with van der Waals surface area (Å²) in [5.41, 5.74) is 0. The van der Waals surface area contributed by atoms with Crippen molar-refractivity contribution in [3.63, 3.8) is 0 Å². The van der Waals surface area contributed by atoms with Crippen LogP contribution >= 0.6 is 50.5 Å². The predicted molar refractivity (Wildman–Crippen MR) is 90.0 cm³/mol. The first kappa shape index (κ1) is 25.1. The number of hydrogen-bond donors (Lipinski definition) is 4. The number of aliphatic carboxylic acids is 2. The predicted octanol–water partition coefficient (Wildman–Crippen LogP) is -0.504. The first-order valence-electron chi connectivity index (χ1n) is 5.36. The van der Waals surface area contributed by atoms with Crippen molar-refractivity contribution >= 4 is 83.6 Å². The fourth-order valence-corrected chi connectivity index (χ4v) is 1.66. The molecule has 0 aromatic carbocycles. The summed E-state index contributed by atoms with van der Waals surface area (Å²) in [4.78, 5) is 24.3. The van der Waals surface area contributed by atoms with Crippen molar-refractivity contribution in [3.8, 4) is 0 Å². The Kier molecular flexibility index (Phi) is 25.3.